The highest BCUT2D eigenvalue weighted by molar-refractivity contribution is 7.98. The number of fused-ring (bicyclic) bond motifs is 2. The van der Waals surface area contributed by atoms with Crippen molar-refractivity contribution in [1.82, 2.24) is 49.0 Å². The fourth-order valence-corrected chi connectivity index (χ4v) is 12.9. The van der Waals surface area contributed by atoms with Crippen LogP contribution in [0.1, 0.15) is 71.7 Å². The summed E-state index contributed by atoms with van der Waals surface area (Å²) in [5.74, 6) is 1.26. The smallest absolute Gasteiger partial charge is 0.407 e. The Morgan fingerprint density at radius 3 is 1.61 bits per heavy atom. The molecule has 0 radical (unpaired) electrons. The second-order valence-electron chi connectivity index (χ2n) is 19.9. The lowest BCUT2D eigenvalue weighted by Gasteiger charge is -2.27. The van der Waals surface area contributed by atoms with Gasteiger partial charge in [-0.25, -0.2) is 36.4 Å². The topological polar surface area (TPSA) is 249 Å². The molecule has 4 heterocycles. The molecule has 4 amide bonds. The van der Waals surface area contributed by atoms with Gasteiger partial charge in [-0.3, -0.25) is 9.59 Å². The van der Waals surface area contributed by atoms with E-state index in [0.29, 0.717) is 47.0 Å². The fourth-order valence-electron chi connectivity index (χ4n) is 10.5. The van der Waals surface area contributed by atoms with Crippen LogP contribution in [-0.2, 0) is 58.4 Å². The number of methoxy groups -OCH3 is 2. The second kappa shape index (κ2) is 23.0. The number of nitrogens with zero attached hydrogens (tertiary/aromatic N) is 6. The summed E-state index contributed by atoms with van der Waals surface area (Å²) in [6.45, 7) is 1.82. The van der Waals surface area contributed by atoms with Gasteiger partial charge in [-0.2, -0.15) is 32.1 Å². The van der Waals surface area contributed by atoms with Crippen molar-refractivity contribution in [2.24, 2.45) is 0 Å². The van der Waals surface area contributed by atoms with E-state index in [-0.39, 0.29) is 32.3 Å². The van der Waals surface area contributed by atoms with Crippen molar-refractivity contribution in [3.05, 3.63) is 107 Å². The van der Waals surface area contributed by atoms with Gasteiger partial charge in [0.2, 0.25) is 31.9 Å². The fraction of sp³-hybridized carbons (Fsp3) is 0.434. The van der Waals surface area contributed by atoms with Crippen molar-refractivity contribution in [2.75, 3.05) is 77.2 Å². The summed E-state index contributed by atoms with van der Waals surface area (Å²) >= 11 is 3.05. The third kappa shape index (κ3) is 12.1. The van der Waals surface area contributed by atoms with Gasteiger partial charge in [0.1, 0.15) is 35.8 Å². The van der Waals surface area contributed by atoms with Gasteiger partial charge in [0, 0.05) is 13.1 Å². The monoisotopic (exact) mass is 1130 g/mol. The van der Waals surface area contributed by atoms with Gasteiger partial charge in [-0.05, 0) is 131 Å². The summed E-state index contributed by atoms with van der Waals surface area (Å²) in [7, 11) is -4.94. The van der Waals surface area contributed by atoms with Crippen LogP contribution in [0.5, 0.6) is 0 Å². The van der Waals surface area contributed by atoms with E-state index < -0.39 is 68.2 Å². The Morgan fingerprint density at radius 1 is 0.662 bits per heavy atom. The Kier molecular flexibility index (Phi) is 16.6. The Bertz CT molecular complexity index is 3460. The van der Waals surface area contributed by atoms with Crippen LogP contribution in [0.25, 0.3) is 44.3 Å². The molecule has 2 aliphatic heterocycles. The molecule has 410 valence electrons. The maximum atomic E-state index is 14.2. The van der Waals surface area contributed by atoms with E-state index in [1.54, 1.807) is 0 Å². The van der Waals surface area contributed by atoms with Gasteiger partial charge in [0.25, 0.3) is 0 Å². The van der Waals surface area contributed by atoms with E-state index in [9.17, 15) is 36.0 Å². The Morgan fingerprint density at radius 2 is 1.14 bits per heavy atom. The van der Waals surface area contributed by atoms with Gasteiger partial charge in [0.15, 0.2) is 0 Å². The maximum absolute atomic E-state index is 14.2. The van der Waals surface area contributed by atoms with Crippen LogP contribution < -0.4 is 10.6 Å². The first-order chi connectivity index (χ1) is 36.8. The average Bonchev–Trinajstić information content (AvgIpc) is 4.26. The number of H-pyrrole nitrogens is 2. The predicted molar refractivity (Wildman–Crippen MR) is 299 cm³/mol. The Hall–Kier alpha value is -6.18. The molecule has 4 N–H and O–H groups in total. The number of aromatic amines is 2. The molecule has 77 heavy (non-hydrogen) atoms. The molecule has 5 unspecified atom stereocenters. The first-order valence-electron chi connectivity index (χ1n) is 25.2. The van der Waals surface area contributed by atoms with Crippen LogP contribution in [-0.4, -0.2) is 168 Å². The maximum Gasteiger partial charge on any atom is 0.407 e. The molecular formula is C53H64N10O10S4. The average molecular weight is 1130 g/mol. The number of hydrogen-bond acceptors (Lipinski definition) is 14. The Labute approximate surface area is 456 Å². The molecule has 2 saturated heterocycles. The van der Waals surface area contributed by atoms with E-state index in [1.807, 2.05) is 36.8 Å². The highest BCUT2D eigenvalue weighted by Crippen LogP contribution is 2.38. The number of imidazole rings is 2. The number of sulfonamides is 2. The van der Waals surface area contributed by atoms with Crippen LogP contribution in [0.2, 0.25) is 0 Å². The van der Waals surface area contributed by atoms with Crippen LogP contribution >= 0.6 is 23.5 Å². The second-order valence-corrected chi connectivity index (χ2v) is 25.8. The van der Waals surface area contributed by atoms with E-state index >= 15 is 0 Å². The normalized spacial score (nSPS) is 19.1. The molecule has 6 aliphatic rings. The van der Waals surface area contributed by atoms with Gasteiger partial charge >= 0.3 is 12.2 Å². The zero-order chi connectivity index (χ0) is 54.9. The zero-order valence-electron chi connectivity index (χ0n) is 44.0. The summed E-state index contributed by atoms with van der Waals surface area (Å²) in [5.41, 5.74) is 11.6. The first-order valence-corrected chi connectivity index (χ1v) is 31.7. The molecule has 4 aliphatic carbocycles. The Balaban J connectivity index is 0.984. The molecule has 5 atom stereocenters. The number of carbonyl (C=O) groups is 4. The molecule has 2 fully saturated rings. The molecule has 6 aromatic rings. The number of alkyl carbamates (subject to hydrolysis) is 2. The van der Waals surface area contributed by atoms with Gasteiger partial charge in [0.05, 0.1) is 62.1 Å². The molecule has 20 nitrogen and oxygen atoms in total. The molecule has 4 bridgehead atoms. The van der Waals surface area contributed by atoms with Crippen LogP contribution in [0, 0.1) is 0 Å². The molecule has 12 rings (SSSR count). The van der Waals surface area contributed by atoms with Crippen LogP contribution in [0.3, 0.4) is 0 Å². The number of rotatable bonds is 16. The lowest BCUT2D eigenvalue weighted by molar-refractivity contribution is -0.135. The predicted octanol–water partition coefficient (Wildman–Crippen LogP) is 6.38. The molecule has 4 aromatic carbocycles. The molecular weight excluding hydrogens is 1060 g/mol. The number of thioether (sulfide) groups is 2. The summed E-state index contributed by atoms with van der Waals surface area (Å²) in [5, 5.41) is 5.28. The van der Waals surface area contributed by atoms with Crippen molar-refractivity contribution >= 4 is 89.6 Å². The molecule has 2 aromatic heterocycles. The largest absolute Gasteiger partial charge is 0.453 e. The third-order valence-corrected chi connectivity index (χ3v) is 18.4. The molecule has 0 spiro atoms. The minimum Gasteiger partial charge on any atom is -0.453 e. The van der Waals surface area contributed by atoms with Crippen LogP contribution in [0.4, 0.5) is 9.59 Å². The number of aryl methyl sites for hydroxylation is 2. The van der Waals surface area contributed by atoms with Crippen molar-refractivity contribution in [3.63, 3.8) is 0 Å². The summed E-state index contributed by atoms with van der Waals surface area (Å²) < 4.78 is 63.6. The summed E-state index contributed by atoms with van der Waals surface area (Å²) in [6.07, 6.45) is 7.38. The lowest BCUT2D eigenvalue weighted by atomic mass is 9.84. The van der Waals surface area contributed by atoms with Gasteiger partial charge in [-0.15, -0.1) is 0 Å². The number of amides is 4. The van der Waals surface area contributed by atoms with Gasteiger partial charge in [-0.1, -0.05) is 55.5 Å². The summed E-state index contributed by atoms with van der Waals surface area (Å²) in [6, 6.07) is 22.1. The number of hydrogen-bond donors (Lipinski definition) is 4. The number of aromatic nitrogens is 4. The van der Waals surface area contributed by atoms with Gasteiger partial charge < -0.3 is 39.9 Å². The molecule has 24 heteroatoms. The third-order valence-electron chi connectivity index (χ3n) is 14.7. The van der Waals surface area contributed by atoms with Crippen molar-refractivity contribution in [2.45, 2.75) is 69.1 Å². The highest BCUT2D eigenvalue weighted by Gasteiger charge is 2.44. The van der Waals surface area contributed by atoms with E-state index in [4.69, 9.17) is 19.4 Å². The quantitative estimate of drug-likeness (QED) is 0.0822. The highest BCUT2D eigenvalue weighted by atomic mass is 32.2. The minimum absolute atomic E-state index is 0.00834. The standard InChI is InChI=1S/C53H64N10O10S4/c1-31-22-35-11-9-32(23-38(35)36-14-16-40-44(25-36)56-48(54-40)46-27-60(76(6,68)69)29-62(46)50(64)42(18-20-74-4)58-52(66)72-2)8-10-33-12-13-34(31)24-39(33)37-15-17-41-45(26-37)57-49(55-41)47-28-61(77(7,70)71)30-63(47)51(65)43(19-21-75-5)59-53(67)73-3/h9,11-17,23-26,31,42-43,46-47H,8,10,18-22,27-30H2,1-7H3,(H,54,56)(H,55,57)(H,58,66)(H,59,67). The lowest BCUT2D eigenvalue weighted by Crippen LogP contribution is -2.49. The zero-order valence-corrected chi connectivity index (χ0v) is 47.3. The van der Waals surface area contributed by atoms with E-state index in [1.165, 1.54) is 56.2 Å². The summed E-state index contributed by atoms with van der Waals surface area (Å²) in [4.78, 5) is 72.5. The van der Waals surface area contributed by atoms with E-state index in [2.05, 4.69) is 76.1 Å². The van der Waals surface area contributed by atoms with Crippen molar-refractivity contribution in [3.8, 4) is 22.3 Å². The molecule has 0 saturated carbocycles. The van der Waals surface area contributed by atoms with E-state index in [0.717, 1.165) is 87.3 Å². The minimum atomic E-state index is -3.69. The van der Waals surface area contributed by atoms with Crippen molar-refractivity contribution < 1.29 is 45.5 Å². The SMILES string of the molecule is COC(=O)NC(CCSC)C(=O)N1CN(S(C)(=O)=O)CC1c1nc2ccc(-c3cc4ccc3CCc3ccc(c(-c5ccc6nc(C7CN(S(C)(=O)=O)CN7C(=O)C(CCSC)NC(=O)OC)[nH]c6c5)c3)CC4C)cc2[nH]1. The number of ether oxygens (including phenoxy) is 2. The van der Waals surface area contributed by atoms with Crippen LogP contribution in [0.15, 0.2) is 72.8 Å². The first kappa shape index (κ1) is 55.6. The number of benzene rings is 4. The number of nitrogens with one attached hydrogen (secondary N) is 4. The number of carbonyl (C=O) groups excluding carboxylic acids is 4. The van der Waals surface area contributed by atoms with Crippen molar-refractivity contribution in [1.29, 1.82) is 0 Å².